The Bertz CT molecular complexity index is 926. The number of carbonyl (C=O) groups is 2. The molecule has 6 heteroatoms. The Morgan fingerprint density at radius 3 is 2.77 bits per heavy atom. The van der Waals surface area contributed by atoms with E-state index in [-0.39, 0.29) is 22.6 Å². The SMILES string of the molecule is Cc1csc(NC(=O)C[C@H]2CC[C@H]3[C@@H]4CC[C@H]5N(C)C(=O)C=C[C@]5(C)[C@H]4CC[C@]23C)n1. The van der Waals surface area contributed by atoms with Crippen LogP contribution >= 0.6 is 11.3 Å². The van der Waals surface area contributed by atoms with Crippen LogP contribution in [0.4, 0.5) is 5.13 Å². The van der Waals surface area contributed by atoms with Crippen molar-refractivity contribution in [1.29, 1.82) is 0 Å². The zero-order chi connectivity index (χ0) is 22.0. The van der Waals surface area contributed by atoms with Crippen LogP contribution in [-0.2, 0) is 9.59 Å². The van der Waals surface area contributed by atoms with Crippen LogP contribution in [-0.4, -0.2) is 34.8 Å². The first kappa shape index (κ1) is 21.2. The minimum atomic E-state index is 0.0884. The molecular weight excluding hydrogens is 406 g/mol. The zero-order valence-electron chi connectivity index (χ0n) is 19.2. The average molecular weight is 442 g/mol. The molecule has 168 valence electrons. The molecular formula is C25H35N3O2S. The molecule has 0 radical (unpaired) electrons. The van der Waals surface area contributed by atoms with Gasteiger partial charge in [-0.15, -0.1) is 11.3 Å². The minimum absolute atomic E-state index is 0.0884. The van der Waals surface area contributed by atoms with Gasteiger partial charge in [-0.25, -0.2) is 4.98 Å². The van der Waals surface area contributed by atoms with E-state index in [9.17, 15) is 9.59 Å². The summed E-state index contributed by atoms with van der Waals surface area (Å²) in [6.45, 7) is 6.82. The lowest BCUT2D eigenvalue weighted by molar-refractivity contribution is -0.139. The van der Waals surface area contributed by atoms with Crippen LogP contribution in [0.5, 0.6) is 0 Å². The lowest BCUT2D eigenvalue weighted by atomic mass is 9.47. The highest BCUT2D eigenvalue weighted by Gasteiger charge is 2.60. The van der Waals surface area contributed by atoms with Crippen molar-refractivity contribution in [3.8, 4) is 0 Å². The fraction of sp³-hybridized carbons (Fsp3) is 0.720. The van der Waals surface area contributed by atoms with Gasteiger partial charge < -0.3 is 10.2 Å². The van der Waals surface area contributed by atoms with Gasteiger partial charge in [0.15, 0.2) is 5.13 Å². The van der Waals surface area contributed by atoms with Crippen LogP contribution in [0.1, 0.15) is 64.5 Å². The van der Waals surface area contributed by atoms with Crippen molar-refractivity contribution in [2.45, 2.75) is 71.8 Å². The molecule has 0 aromatic carbocycles. The third-order valence-corrected chi connectivity index (χ3v) is 10.5. The molecule has 0 unspecified atom stereocenters. The van der Waals surface area contributed by atoms with Gasteiger partial charge in [-0.3, -0.25) is 9.59 Å². The van der Waals surface area contributed by atoms with Crippen LogP contribution in [0.15, 0.2) is 17.5 Å². The monoisotopic (exact) mass is 441 g/mol. The summed E-state index contributed by atoms with van der Waals surface area (Å²) in [6, 6.07) is 0.334. The molecule has 4 aliphatic rings. The van der Waals surface area contributed by atoms with E-state index in [1.807, 2.05) is 30.3 Å². The van der Waals surface area contributed by atoms with Gasteiger partial charge in [-0.1, -0.05) is 19.9 Å². The maximum atomic E-state index is 12.8. The van der Waals surface area contributed by atoms with Crippen molar-refractivity contribution < 1.29 is 9.59 Å². The van der Waals surface area contributed by atoms with Gasteiger partial charge in [-0.05, 0) is 80.6 Å². The predicted molar refractivity (Wildman–Crippen MR) is 124 cm³/mol. The van der Waals surface area contributed by atoms with Gasteiger partial charge in [0.2, 0.25) is 11.8 Å². The number of hydrogen-bond donors (Lipinski definition) is 1. The molecule has 5 nitrogen and oxygen atoms in total. The Labute approximate surface area is 189 Å². The fourth-order valence-corrected chi connectivity index (χ4v) is 8.69. The van der Waals surface area contributed by atoms with E-state index in [2.05, 4.69) is 30.2 Å². The number of fused-ring (bicyclic) bond motifs is 5. The molecule has 5 rings (SSSR count). The summed E-state index contributed by atoms with van der Waals surface area (Å²) in [5.41, 5.74) is 1.30. The highest BCUT2D eigenvalue weighted by atomic mass is 32.1. The average Bonchev–Trinajstić information content (AvgIpc) is 3.28. The van der Waals surface area contributed by atoms with Crippen LogP contribution in [0.25, 0.3) is 0 Å². The number of nitrogens with one attached hydrogen (secondary N) is 1. The summed E-state index contributed by atoms with van der Waals surface area (Å²) in [5.74, 6) is 2.78. The molecule has 3 aliphatic carbocycles. The largest absolute Gasteiger partial charge is 0.338 e. The number of thiazole rings is 1. The Hall–Kier alpha value is -1.69. The van der Waals surface area contributed by atoms with Crippen molar-refractivity contribution in [3.05, 3.63) is 23.2 Å². The van der Waals surface area contributed by atoms with Gasteiger partial charge in [0.25, 0.3) is 0 Å². The van der Waals surface area contributed by atoms with Gasteiger partial charge in [0.1, 0.15) is 0 Å². The van der Waals surface area contributed by atoms with Crippen molar-refractivity contribution in [3.63, 3.8) is 0 Å². The topological polar surface area (TPSA) is 62.3 Å². The third kappa shape index (κ3) is 3.28. The Balaban J connectivity index is 1.32. The second-order valence-electron chi connectivity index (χ2n) is 11.0. The van der Waals surface area contributed by atoms with E-state index in [1.165, 1.54) is 37.0 Å². The van der Waals surface area contributed by atoms with E-state index in [0.29, 0.717) is 36.1 Å². The number of anilines is 1. The summed E-state index contributed by atoms with van der Waals surface area (Å²) in [4.78, 5) is 31.4. The van der Waals surface area contributed by atoms with Gasteiger partial charge in [-0.2, -0.15) is 0 Å². The first-order chi connectivity index (χ1) is 14.7. The number of rotatable bonds is 3. The number of hydrogen-bond acceptors (Lipinski definition) is 4. The lowest BCUT2D eigenvalue weighted by Gasteiger charge is -2.60. The first-order valence-electron chi connectivity index (χ1n) is 11.9. The summed E-state index contributed by atoms with van der Waals surface area (Å²) < 4.78 is 0. The number of nitrogens with zero attached hydrogens (tertiary/aromatic N) is 2. The molecule has 0 spiro atoms. The van der Waals surface area contributed by atoms with E-state index in [0.717, 1.165) is 23.7 Å². The van der Waals surface area contributed by atoms with E-state index in [1.54, 1.807) is 0 Å². The molecule has 3 fully saturated rings. The molecule has 31 heavy (non-hydrogen) atoms. The summed E-state index contributed by atoms with van der Waals surface area (Å²) >= 11 is 1.51. The molecule has 2 amide bonds. The van der Waals surface area contributed by atoms with E-state index >= 15 is 0 Å². The molecule has 1 aromatic heterocycles. The van der Waals surface area contributed by atoms with Crippen molar-refractivity contribution >= 4 is 28.3 Å². The van der Waals surface area contributed by atoms with Gasteiger partial charge >= 0.3 is 0 Å². The maximum Gasteiger partial charge on any atom is 0.246 e. The van der Waals surface area contributed by atoms with Crippen molar-refractivity contribution in [1.82, 2.24) is 9.88 Å². The van der Waals surface area contributed by atoms with Crippen LogP contribution in [0, 0.1) is 41.4 Å². The number of carbonyl (C=O) groups excluding carboxylic acids is 2. The smallest absolute Gasteiger partial charge is 0.246 e. The molecule has 7 atom stereocenters. The highest BCUT2D eigenvalue weighted by molar-refractivity contribution is 7.13. The molecule has 0 bridgehead atoms. The zero-order valence-corrected chi connectivity index (χ0v) is 20.0. The van der Waals surface area contributed by atoms with Gasteiger partial charge in [0.05, 0.1) is 5.69 Å². The standard InChI is InChI=1S/C25H35N3O2S/c1-15-14-31-23(26-15)27-21(29)13-16-5-7-18-17-6-8-20-25(3,12-10-22(30)28(20)4)19(17)9-11-24(16,18)2/h10,12,14,16-20H,5-9,11,13H2,1-4H3,(H,26,27,29)/t16-,17+,18+,19+,20-,24-,25-/m1/s1. The third-order valence-electron chi connectivity index (χ3n) is 9.62. The Morgan fingerprint density at radius 2 is 2.03 bits per heavy atom. The summed E-state index contributed by atoms with van der Waals surface area (Å²) in [7, 11) is 1.98. The minimum Gasteiger partial charge on any atom is -0.338 e. The molecule has 1 N–H and O–H groups in total. The van der Waals surface area contributed by atoms with Gasteiger partial charge in [0, 0.05) is 30.3 Å². The normalized spacial score (nSPS) is 41.5. The maximum absolute atomic E-state index is 12.8. The number of aromatic nitrogens is 1. The molecule has 1 aromatic rings. The second-order valence-corrected chi connectivity index (χ2v) is 11.8. The van der Waals surface area contributed by atoms with Crippen molar-refractivity contribution in [2.75, 3.05) is 12.4 Å². The molecule has 2 heterocycles. The summed E-state index contributed by atoms with van der Waals surface area (Å²) in [5, 5.41) is 5.73. The number of aryl methyl sites for hydroxylation is 1. The van der Waals surface area contributed by atoms with Crippen molar-refractivity contribution in [2.24, 2.45) is 34.5 Å². The predicted octanol–water partition coefficient (Wildman–Crippen LogP) is 5.04. The van der Waals surface area contributed by atoms with E-state index in [4.69, 9.17) is 0 Å². The first-order valence-corrected chi connectivity index (χ1v) is 12.8. The number of amides is 2. The van der Waals surface area contributed by atoms with Crippen LogP contribution in [0.3, 0.4) is 0 Å². The van der Waals surface area contributed by atoms with E-state index < -0.39 is 0 Å². The summed E-state index contributed by atoms with van der Waals surface area (Å²) in [6.07, 6.45) is 11.8. The quantitative estimate of drug-likeness (QED) is 0.715. The molecule has 3 saturated carbocycles. The number of likely N-dealkylation sites (N-methyl/N-ethyl adjacent to an activating group) is 1. The molecule has 0 saturated heterocycles. The lowest BCUT2D eigenvalue weighted by Crippen LogP contribution is -2.59. The molecule has 1 aliphatic heterocycles. The van der Waals surface area contributed by atoms with Crippen LogP contribution < -0.4 is 5.32 Å². The Morgan fingerprint density at radius 1 is 1.23 bits per heavy atom. The second kappa shape index (κ2) is 7.43. The highest BCUT2D eigenvalue weighted by Crippen LogP contribution is 2.65. The Kier molecular flexibility index (Phi) is 5.07. The van der Waals surface area contributed by atoms with Crippen LogP contribution in [0.2, 0.25) is 0 Å². The fourth-order valence-electron chi connectivity index (χ4n) is 7.99.